The summed E-state index contributed by atoms with van der Waals surface area (Å²) in [5.74, 6) is 1.37. The predicted molar refractivity (Wildman–Crippen MR) is 163 cm³/mol. The summed E-state index contributed by atoms with van der Waals surface area (Å²) in [5, 5.41) is 11.5. The van der Waals surface area contributed by atoms with Crippen molar-refractivity contribution < 1.29 is 28.8 Å². The van der Waals surface area contributed by atoms with Crippen LogP contribution in [0.4, 0.5) is 0 Å². The lowest BCUT2D eigenvalue weighted by atomic mass is 9.80. The van der Waals surface area contributed by atoms with E-state index in [1.807, 2.05) is 78.9 Å². The second-order valence-corrected chi connectivity index (χ2v) is 10.4. The Morgan fingerprint density at radius 3 is 2.02 bits per heavy atom. The van der Waals surface area contributed by atoms with Crippen molar-refractivity contribution in [2.24, 2.45) is 5.73 Å². The highest BCUT2D eigenvalue weighted by Gasteiger charge is 2.48. The molecule has 232 valence electrons. The van der Waals surface area contributed by atoms with Gasteiger partial charge in [-0.25, -0.2) is 4.79 Å². The lowest BCUT2D eigenvalue weighted by Crippen LogP contribution is -2.41. The molecule has 4 N–H and O–H groups in total. The molecule has 1 saturated heterocycles. The Labute approximate surface area is 254 Å². The van der Waals surface area contributed by atoms with Crippen LogP contribution in [-0.4, -0.2) is 66.9 Å². The molecule has 0 spiro atoms. The van der Waals surface area contributed by atoms with Crippen LogP contribution in [-0.2, 0) is 19.8 Å². The number of hydrogen-bond acceptors (Lipinski definition) is 9. The second kappa shape index (κ2) is 14.0. The first-order valence-electron chi connectivity index (χ1n) is 14.4. The standard InChI is InChI=1S/C33H37N3O8/c1-40-25-13-9-23(10-14-25)33(22-7-4-3-5-8-22,24-11-15-26(41-2)16-12-24)43-21-27-29(38)30(42-20-6-18-34)31(44-27)36-19-17-28(37)35-32(36)39/h3-5,7-17,19,27,29-31,38H,6,18,20-21,34H2,1-2H3,(H,35,37,39)/t27-,29+,30?,31-/m1/s1. The molecule has 2 heterocycles. The first kappa shape index (κ1) is 31.2. The van der Waals surface area contributed by atoms with Crippen molar-refractivity contribution in [3.8, 4) is 11.5 Å². The van der Waals surface area contributed by atoms with Gasteiger partial charge in [0.2, 0.25) is 0 Å². The summed E-state index contributed by atoms with van der Waals surface area (Å²) >= 11 is 0. The van der Waals surface area contributed by atoms with E-state index in [1.165, 1.54) is 16.8 Å². The predicted octanol–water partition coefficient (Wildman–Crippen LogP) is 2.55. The Hall–Kier alpha value is -4.26. The van der Waals surface area contributed by atoms with E-state index in [4.69, 9.17) is 29.4 Å². The Morgan fingerprint density at radius 2 is 1.48 bits per heavy atom. The molecule has 44 heavy (non-hydrogen) atoms. The lowest BCUT2D eigenvalue weighted by Gasteiger charge is -2.37. The maximum atomic E-state index is 12.7. The molecule has 1 aliphatic heterocycles. The van der Waals surface area contributed by atoms with Gasteiger partial charge in [-0.2, -0.15) is 0 Å². The van der Waals surface area contributed by atoms with E-state index in [1.54, 1.807) is 14.2 Å². The molecule has 11 heteroatoms. The van der Waals surface area contributed by atoms with Gasteiger partial charge in [-0.3, -0.25) is 14.3 Å². The van der Waals surface area contributed by atoms with Crippen LogP contribution in [0.2, 0.25) is 0 Å². The van der Waals surface area contributed by atoms with Gasteiger partial charge in [0.25, 0.3) is 5.56 Å². The Morgan fingerprint density at radius 1 is 0.886 bits per heavy atom. The molecule has 3 aromatic carbocycles. The zero-order valence-electron chi connectivity index (χ0n) is 24.6. The topological polar surface area (TPSA) is 147 Å². The van der Waals surface area contributed by atoms with Crippen molar-refractivity contribution in [1.29, 1.82) is 0 Å². The van der Waals surface area contributed by atoms with Gasteiger partial charge in [-0.15, -0.1) is 0 Å². The third kappa shape index (κ3) is 6.33. The van der Waals surface area contributed by atoms with E-state index < -0.39 is 41.4 Å². The lowest BCUT2D eigenvalue weighted by molar-refractivity contribution is -0.0981. The number of aromatic nitrogens is 2. The van der Waals surface area contributed by atoms with Gasteiger partial charge >= 0.3 is 5.69 Å². The number of ether oxygens (including phenoxy) is 5. The van der Waals surface area contributed by atoms with Crippen LogP contribution in [0.25, 0.3) is 0 Å². The number of H-pyrrole nitrogens is 1. The highest BCUT2D eigenvalue weighted by molar-refractivity contribution is 5.49. The van der Waals surface area contributed by atoms with Crippen molar-refractivity contribution in [2.45, 2.75) is 36.6 Å². The first-order valence-corrected chi connectivity index (χ1v) is 14.4. The minimum Gasteiger partial charge on any atom is -0.497 e. The number of nitrogens with two attached hydrogens (primary N) is 1. The molecular weight excluding hydrogens is 566 g/mol. The molecule has 1 fully saturated rings. The molecule has 4 atom stereocenters. The van der Waals surface area contributed by atoms with Crippen LogP contribution in [0.5, 0.6) is 11.5 Å². The monoisotopic (exact) mass is 603 g/mol. The van der Waals surface area contributed by atoms with Gasteiger partial charge in [0, 0.05) is 18.9 Å². The van der Waals surface area contributed by atoms with Crippen LogP contribution < -0.4 is 26.5 Å². The van der Waals surface area contributed by atoms with Crippen LogP contribution >= 0.6 is 0 Å². The fourth-order valence-electron chi connectivity index (χ4n) is 5.47. The molecule has 1 aliphatic rings. The molecule has 0 radical (unpaired) electrons. The Bertz CT molecular complexity index is 1560. The maximum absolute atomic E-state index is 12.7. The molecular formula is C33H37N3O8. The fourth-order valence-corrected chi connectivity index (χ4v) is 5.47. The number of aliphatic hydroxyl groups excluding tert-OH is 1. The number of aromatic amines is 1. The van der Waals surface area contributed by atoms with Gasteiger partial charge in [-0.05, 0) is 53.9 Å². The molecule has 4 aromatic rings. The largest absolute Gasteiger partial charge is 0.497 e. The van der Waals surface area contributed by atoms with E-state index >= 15 is 0 Å². The summed E-state index contributed by atoms with van der Waals surface area (Å²) in [6, 6.07) is 26.1. The van der Waals surface area contributed by atoms with Gasteiger partial charge in [0.05, 0.1) is 20.8 Å². The van der Waals surface area contributed by atoms with Crippen LogP contribution in [0.3, 0.4) is 0 Å². The quantitative estimate of drug-likeness (QED) is 0.155. The number of benzene rings is 3. The number of hydrogen-bond donors (Lipinski definition) is 3. The van der Waals surface area contributed by atoms with Crippen molar-refractivity contribution in [1.82, 2.24) is 9.55 Å². The Balaban J connectivity index is 1.55. The minimum atomic E-state index is -1.17. The van der Waals surface area contributed by atoms with E-state index in [-0.39, 0.29) is 13.2 Å². The number of nitrogens with zero attached hydrogens (tertiary/aromatic N) is 1. The number of rotatable bonds is 13. The molecule has 0 amide bonds. The summed E-state index contributed by atoms with van der Waals surface area (Å²) in [6.07, 6.45) is -2.15. The van der Waals surface area contributed by atoms with Crippen molar-refractivity contribution >= 4 is 0 Å². The molecule has 0 aliphatic carbocycles. The van der Waals surface area contributed by atoms with Crippen LogP contribution in [0.1, 0.15) is 29.3 Å². The second-order valence-electron chi connectivity index (χ2n) is 10.4. The molecule has 1 aromatic heterocycles. The summed E-state index contributed by atoms with van der Waals surface area (Å²) in [6.45, 7) is 0.553. The smallest absolute Gasteiger partial charge is 0.330 e. The Kier molecular flexibility index (Phi) is 9.93. The van der Waals surface area contributed by atoms with E-state index in [0.717, 1.165) is 16.7 Å². The van der Waals surface area contributed by atoms with Gasteiger partial charge < -0.3 is 34.5 Å². The van der Waals surface area contributed by atoms with Gasteiger partial charge in [-0.1, -0.05) is 54.6 Å². The highest BCUT2D eigenvalue weighted by atomic mass is 16.6. The summed E-state index contributed by atoms with van der Waals surface area (Å²) < 4.78 is 31.2. The normalized spacial score (nSPS) is 20.0. The SMILES string of the molecule is COc1ccc(C(OC[C@H]2O[C@@H](n3ccc(=O)[nH]c3=O)C(OCCCN)[C@H]2O)(c2ccccc2)c2ccc(OC)cc2)cc1. The fraction of sp³-hybridized carbons (Fsp3) is 0.333. The third-order valence-electron chi connectivity index (χ3n) is 7.73. The first-order chi connectivity index (χ1) is 21.4. The van der Waals surface area contributed by atoms with Gasteiger partial charge in [0.15, 0.2) is 6.23 Å². The molecule has 5 rings (SSSR count). The zero-order chi connectivity index (χ0) is 31.1. The highest BCUT2D eigenvalue weighted by Crippen LogP contribution is 2.43. The molecule has 0 saturated carbocycles. The van der Waals surface area contributed by atoms with E-state index in [9.17, 15) is 14.7 Å². The van der Waals surface area contributed by atoms with Crippen LogP contribution in [0, 0.1) is 0 Å². The van der Waals surface area contributed by atoms with Crippen molar-refractivity contribution in [3.05, 3.63) is 129 Å². The average molecular weight is 604 g/mol. The number of aliphatic hydroxyl groups is 1. The average Bonchev–Trinajstić information content (AvgIpc) is 3.36. The van der Waals surface area contributed by atoms with Crippen LogP contribution in [0.15, 0.2) is 101 Å². The maximum Gasteiger partial charge on any atom is 0.330 e. The summed E-state index contributed by atoms with van der Waals surface area (Å²) in [5.41, 5.74) is 5.74. The van der Waals surface area contributed by atoms with Gasteiger partial charge in [0.1, 0.15) is 35.4 Å². The van der Waals surface area contributed by atoms with Crippen molar-refractivity contribution in [3.63, 3.8) is 0 Å². The molecule has 11 nitrogen and oxygen atoms in total. The van der Waals surface area contributed by atoms with Crippen molar-refractivity contribution in [2.75, 3.05) is 34.0 Å². The van der Waals surface area contributed by atoms with E-state index in [0.29, 0.717) is 24.5 Å². The van der Waals surface area contributed by atoms with E-state index in [2.05, 4.69) is 4.98 Å². The summed E-state index contributed by atoms with van der Waals surface area (Å²) in [7, 11) is 3.21. The number of nitrogens with one attached hydrogen (secondary N) is 1. The molecule has 1 unspecified atom stereocenters. The number of methoxy groups -OCH3 is 2. The molecule has 0 bridgehead atoms. The third-order valence-corrected chi connectivity index (χ3v) is 7.73. The minimum absolute atomic E-state index is 0.0839. The summed E-state index contributed by atoms with van der Waals surface area (Å²) in [4.78, 5) is 26.7. The zero-order valence-corrected chi connectivity index (χ0v) is 24.6.